The average Bonchev–Trinajstić information content (AvgIpc) is 3.36. The van der Waals surface area contributed by atoms with Gasteiger partial charge in [0, 0.05) is 28.3 Å². The standard InChI is InChI=1S/C31H27NO5/c1-3-36-24-16-10-8-14-22(24)26-27(30(35)37-4-2)32-23-15-9-5-11-19(23)17-18-25(32)31(26)28(33)20-12-6-7-13-21(20)29(31)34/h5-18,25-27H,3-4H2,1-2H3/t25-,26-,27+/m1/s1. The van der Waals surface area contributed by atoms with Gasteiger partial charge in [-0.1, -0.05) is 72.8 Å². The van der Waals surface area contributed by atoms with Gasteiger partial charge < -0.3 is 14.4 Å². The first-order chi connectivity index (χ1) is 18.1. The van der Waals surface area contributed by atoms with Gasteiger partial charge in [-0.05, 0) is 31.5 Å². The van der Waals surface area contributed by atoms with E-state index < -0.39 is 29.4 Å². The fourth-order valence-corrected chi connectivity index (χ4v) is 6.48. The zero-order chi connectivity index (χ0) is 25.7. The summed E-state index contributed by atoms with van der Waals surface area (Å²) in [6, 6.07) is 20.5. The Hall–Kier alpha value is -4.19. The maximum Gasteiger partial charge on any atom is 0.329 e. The normalized spacial score (nSPS) is 22.5. The average molecular weight is 494 g/mol. The first-order valence-electron chi connectivity index (χ1n) is 12.7. The molecule has 0 bridgehead atoms. The van der Waals surface area contributed by atoms with Crippen LogP contribution in [0.3, 0.4) is 0 Å². The van der Waals surface area contributed by atoms with Crippen LogP contribution in [0.25, 0.3) is 6.08 Å². The van der Waals surface area contributed by atoms with E-state index in [2.05, 4.69) is 0 Å². The predicted octanol–water partition coefficient (Wildman–Crippen LogP) is 5.08. The number of para-hydroxylation sites is 2. The van der Waals surface area contributed by atoms with Gasteiger partial charge in [-0.25, -0.2) is 4.79 Å². The zero-order valence-corrected chi connectivity index (χ0v) is 20.7. The molecule has 0 radical (unpaired) electrons. The predicted molar refractivity (Wildman–Crippen MR) is 140 cm³/mol. The van der Waals surface area contributed by atoms with E-state index >= 15 is 0 Å². The highest BCUT2D eigenvalue weighted by molar-refractivity contribution is 6.32. The number of hydrogen-bond acceptors (Lipinski definition) is 6. The molecule has 2 heterocycles. The second-order valence-corrected chi connectivity index (χ2v) is 9.49. The van der Waals surface area contributed by atoms with E-state index in [-0.39, 0.29) is 18.2 Å². The van der Waals surface area contributed by atoms with E-state index in [9.17, 15) is 14.4 Å². The molecule has 0 unspecified atom stereocenters. The minimum Gasteiger partial charge on any atom is -0.494 e. The van der Waals surface area contributed by atoms with Crippen LogP contribution in [0.2, 0.25) is 0 Å². The molecule has 0 N–H and O–H groups in total. The van der Waals surface area contributed by atoms with Gasteiger partial charge in [0.05, 0.1) is 19.3 Å². The fraction of sp³-hybridized carbons (Fsp3) is 0.258. The number of hydrogen-bond donors (Lipinski definition) is 0. The molecule has 1 saturated heterocycles. The lowest BCUT2D eigenvalue weighted by molar-refractivity contribution is -0.145. The van der Waals surface area contributed by atoms with Crippen LogP contribution in [0.4, 0.5) is 5.69 Å². The monoisotopic (exact) mass is 493 g/mol. The summed E-state index contributed by atoms with van der Waals surface area (Å²) >= 11 is 0. The number of benzene rings is 3. The number of fused-ring (bicyclic) bond motifs is 5. The van der Waals surface area contributed by atoms with Gasteiger partial charge in [0.1, 0.15) is 17.2 Å². The van der Waals surface area contributed by atoms with Crippen LogP contribution in [0.15, 0.2) is 78.9 Å². The van der Waals surface area contributed by atoms with E-state index in [1.54, 1.807) is 31.2 Å². The topological polar surface area (TPSA) is 72.9 Å². The van der Waals surface area contributed by atoms with Gasteiger partial charge in [-0.3, -0.25) is 9.59 Å². The number of ketones is 2. The summed E-state index contributed by atoms with van der Waals surface area (Å²) in [5.41, 5.74) is 1.58. The molecular formula is C31H27NO5. The van der Waals surface area contributed by atoms with Crippen LogP contribution in [-0.2, 0) is 9.53 Å². The van der Waals surface area contributed by atoms with Crippen LogP contribution in [0, 0.1) is 5.41 Å². The van der Waals surface area contributed by atoms with Crippen molar-refractivity contribution in [2.45, 2.75) is 31.8 Å². The highest BCUT2D eigenvalue weighted by Crippen LogP contribution is 2.61. The number of nitrogens with zero attached hydrogens (tertiary/aromatic N) is 1. The summed E-state index contributed by atoms with van der Waals surface area (Å²) in [4.78, 5) is 44.8. The lowest BCUT2D eigenvalue weighted by atomic mass is 9.64. The Morgan fingerprint density at radius 3 is 2.22 bits per heavy atom. The lowest BCUT2D eigenvalue weighted by Gasteiger charge is -2.36. The summed E-state index contributed by atoms with van der Waals surface area (Å²) in [6.45, 7) is 4.22. The molecule has 37 heavy (non-hydrogen) atoms. The molecule has 0 saturated carbocycles. The summed E-state index contributed by atoms with van der Waals surface area (Å²) in [5.74, 6) is -1.28. The third-order valence-corrected chi connectivity index (χ3v) is 7.79. The molecule has 1 spiro atoms. The van der Waals surface area contributed by atoms with E-state index in [1.165, 1.54) is 0 Å². The summed E-state index contributed by atoms with van der Waals surface area (Å²) in [5, 5.41) is 0. The Bertz CT molecular complexity index is 1420. The zero-order valence-electron chi connectivity index (χ0n) is 20.7. The van der Waals surface area contributed by atoms with E-state index in [1.807, 2.05) is 72.5 Å². The smallest absolute Gasteiger partial charge is 0.329 e. The van der Waals surface area contributed by atoms with Crippen LogP contribution in [0.1, 0.15) is 51.6 Å². The minimum absolute atomic E-state index is 0.181. The summed E-state index contributed by atoms with van der Waals surface area (Å²) in [7, 11) is 0. The Labute approximate surface area is 215 Å². The molecule has 6 rings (SSSR count). The van der Waals surface area contributed by atoms with E-state index in [4.69, 9.17) is 9.47 Å². The third kappa shape index (κ3) is 3.08. The maximum atomic E-state index is 14.5. The van der Waals surface area contributed by atoms with Crippen molar-refractivity contribution in [1.82, 2.24) is 0 Å². The first kappa shape index (κ1) is 23.2. The lowest BCUT2D eigenvalue weighted by Crippen LogP contribution is -2.48. The summed E-state index contributed by atoms with van der Waals surface area (Å²) in [6.07, 6.45) is 3.85. The number of carbonyl (C=O) groups is 3. The van der Waals surface area contributed by atoms with Gasteiger partial charge in [0.2, 0.25) is 0 Å². The van der Waals surface area contributed by atoms with Crippen molar-refractivity contribution in [1.29, 1.82) is 0 Å². The maximum absolute atomic E-state index is 14.5. The molecule has 3 aromatic rings. The third-order valence-electron chi connectivity index (χ3n) is 7.79. The van der Waals surface area contributed by atoms with Crippen molar-refractivity contribution in [3.63, 3.8) is 0 Å². The Morgan fingerprint density at radius 2 is 1.51 bits per heavy atom. The van der Waals surface area contributed by atoms with Gasteiger partial charge in [0.25, 0.3) is 0 Å². The fourth-order valence-electron chi connectivity index (χ4n) is 6.48. The largest absolute Gasteiger partial charge is 0.494 e. The molecule has 6 nitrogen and oxygen atoms in total. The first-order valence-corrected chi connectivity index (χ1v) is 12.7. The van der Waals surface area contributed by atoms with Gasteiger partial charge in [-0.2, -0.15) is 0 Å². The molecule has 186 valence electrons. The van der Waals surface area contributed by atoms with Crippen molar-refractivity contribution in [3.8, 4) is 5.75 Å². The van der Waals surface area contributed by atoms with Crippen molar-refractivity contribution in [2.75, 3.05) is 18.1 Å². The minimum atomic E-state index is -1.56. The quantitative estimate of drug-likeness (QED) is 0.365. The molecule has 2 aliphatic heterocycles. The van der Waals surface area contributed by atoms with Crippen molar-refractivity contribution < 1.29 is 23.9 Å². The van der Waals surface area contributed by atoms with Gasteiger partial charge in [0.15, 0.2) is 11.6 Å². The van der Waals surface area contributed by atoms with Crippen LogP contribution in [0.5, 0.6) is 5.75 Å². The molecule has 6 heteroatoms. The van der Waals surface area contributed by atoms with Gasteiger partial charge in [-0.15, -0.1) is 0 Å². The number of carbonyl (C=O) groups excluding carboxylic acids is 3. The van der Waals surface area contributed by atoms with Crippen molar-refractivity contribution in [3.05, 3.63) is 101 Å². The molecule has 1 fully saturated rings. The second kappa shape index (κ2) is 8.73. The molecule has 1 aliphatic carbocycles. The van der Waals surface area contributed by atoms with Crippen molar-refractivity contribution in [2.24, 2.45) is 5.41 Å². The second-order valence-electron chi connectivity index (χ2n) is 9.49. The van der Waals surface area contributed by atoms with Gasteiger partial charge >= 0.3 is 5.97 Å². The van der Waals surface area contributed by atoms with E-state index in [0.29, 0.717) is 29.0 Å². The molecule has 3 aromatic carbocycles. The number of Topliss-reactive ketones (excluding diaryl/α,β-unsaturated/α-hetero) is 2. The van der Waals surface area contributed by atoms with Crippen LogP contribution < -0.4 is 9.64 Å². The SMILES string of the molecule is CCOC(=O)[C@@H]1[C@@H](c2ccccc2OCC)C2(C(=O)c3ccccc3C2=O)[C@H]2C=Cc3ccccc3N12. The number of esters is 1. The van der Waals surface area contributed by atoms with E-state index in [0.717, 1.165) is 11.3 Å². The molecule has 3 atom stereocenters. The molecule has 0 amide bonds. The number of rotatable bonds is 5. The molecular weight excluding hydrogens is 466 g/mol. The van der Waals surface area contributed by atoms with Crippen LogP contribution in [-0.4, -0.2) is 42.8 Å². The Balaban J connectivity index is 1.69. The number of anilines is 1. The molecule has 3 aliphatic rings. The molecule has 0 aromatic heterocycles. The highest BCUT2D eigenvalue weighted by atomic mass is 16.5. The van der Waals surface area contributed by atoms with Crippen molar-refractivity contribution >= 4 is 29.3 Å². The highest BCUT2D eigenvalue weighted by Gasteiger charge is 2.72. The Kier molecular flexibility index (Phi) is 5.48. The number of ether oxygens (including phenoxy) is 2. The Morgan fingerprint density at radius 1 is 0.865 bits per heavy atom. The summed E-state index contributed by atoms with van der Waals surface area (Å²) < 4.78 is 11.6. The van der Waals surface area contributed by atoms with Crippen LogP contribution >= 0.6 is 0 Å².